The minimum absolute atomic E-state index is 0.00549. The predicted octanol–water partition coefficient (Wildman–Crippen LogP) is 4.63. The minimum Gasteiger partial charge on any atom is -0.378 e. The van der Waals surface area contributed by atoms with Crippen LogP contribution in [0.4, 0.5) is 20.3 Å². The van der Waals surface area contributed by atoms with Crippen LogP contribution in [0.1, 0.15) is 43.0 Å². The van der Waals surface area contributed by atoms with Crippen molar-refractivity contribution in [2.45, 2.75) is 32.3 Å². The first-order valence-electron chi connectivity index (χ1n) is 7.33. The molecule has 3 nitrogen and oxygen atoms in total. The van der Waals surface area contributed by atoms with Crippen molar-refractivity contribution in [3.05, 3.63) is 53.2 Å². The standard InChI is InChI=1S/C17H18F2N2O/c1-10(2)22-9-13-11-5-3-4-6-14(11)20-17-12(13)7-8-15(21-17)16(18)19/h3-8,10,13,16H,9H2,1-2H3,(H,20,21). The van der Waals surface area contributed by atoms with Gasteiger partial charge in [-0.2, -0.15) is 0 Å². The summed E-state index contributed by atoms with van der Waals surface area (Å²) in [6.07, 6.45) is -2.46. The number of rotatable bonds is 4. The molecule has 0 radical (unpaired) electrons. The number of alkyl halides is 2. The van der Waals surface area contributed by atoms with Crippen molar-refractivity contribution < 1.29 is 13.5 Å². The quantitative estimate of drug-likeness (QED) is 0.894. The summed E-state index contributed by atoms with van der Waals surface area (Å²) in [6, 6.07) is 10.9. The summed E-state index contributed by atoms with van der Waals surface area (Å²) in [5.74, 6) is 0.489. The van der Waals surface area contributed by atoms with Crippen LogP contribution in [-0.4, -0.2) is 17.7 Å². The summed E-state index contributed by atoms with van der Waals surface area (Å²) < 4.78 is 31.5. The van der Waals surface area contributed by atoms with Crippen molar-refractivity contribution in [3.8, 4) is 0 Å². The molecule has 3 rings (SSSR count). The lowest BCUT2D eigenvalue weighted by molar-refractivity contribution is 0.0733. The molecule has 1 N–H and O–H groups in total. The molecule has 5 heteroatoms. The van der Waals surface area contributed by atoms with Crippen LogP contribution in [0.15, 0.2) is 36.4 Å². The third-order valence-corrected chi connectivity index (χ3v) is 3.73. The molecule has 1 aliphatic rings. The van der Waals surface area contributed by atoms with Gasteiger partial charge in [0, 0.05) is 17.2 Å². The van der Waals surface area contributed by atoms with E-state index < -0.39 is 6.43 Å². The number of anilines is 2. The number of benzene rings is 1. The molecular weight excluding hydrogens is 286 g/mol. The lowest BCUT2D eigenvalue weighted by Gasteiger charge is -2.29. The van der Waals surface area contributed by atoms with Crippen molar-refractivity contribution >= 4 is 11.5 Å². The molecule has 0 saturated heterocycles. The second-order valence-corrected chi connectivity index (χ2v) is 5.62. The number of pyridine rings is 1. The second kappa shape index (κ2) is 6.01. The number of fused-ring (bicyclic) bond motifs is 2. The molecule has 1 aromatic heterocycles. The van der Waals surface area contributed by atoms with Gasteiger partial charge < -0.3 is 10.1 Å². The molecule has 0 spiro atoms. The minimum atomic E-state index is -2.57. The Balaban J connectivity index is 2.02. The number of hydrogen-bond acceptors (Lipinski definition) is 3. The van der Waals surface area contributed by atoms with Gasteiger partial charge in [0.25, 0.3) is 6.43 Å². The Kier molecular flexibility index (Phi) is 4.07. The van der Waals surface area contributed by atoms with Gasteiger partial charge in [-0.15, -0.1) is 0 Å². The molecule has 1 unspecified atom stereocenters. The smallest absolute Gasteiger partial charge is 0.280 e. The highest BCUT2D eigenvalue weighted by Crippen LogP contribution is 2.41. The van der Waals surface area contributed by atoms with Crippen LogP contribution in [0.5, 0.6) is 0 Å². The normalized spacial score (nSPS) is 16.4. The van der Waals surface area contributed by atoms with Gasteiger partial charge in [0.2, 0.25) is 0 Å². The zero-order valence-electron chi connectivity index (χ0n) is 12.5. The van der Waals surface area contributed by atoms with E-state index in [1.807, 2.05) is 38.1 Å². The Morgan fingerprint density at radius 3 is 2.64 bits per heavy atom. The Bertz CT molecular complexity index is 673. The van der Waals surface area contributed by atoms with E-state index in [4.69, 9.17) is 4.74 Å². The molecular formula is C17H18F2N2O. The third-order valence-electron chi connectivity index (χ3n) is 3.73. The highest BCUT2D eigenvalue weighted by Gasteiger charge is 2.27. The molecule has 1 aromatic carbocycles. The molecule has 2 aromatic rings. The molecule has 0 bridgehead atoms. The lowest BCUT2D eigenvalue weighted by atomic mass is 9.88. The maximum Gasteiger partial charge on any atom is 0.280 e. The Labute approximate surface area is 128 Å². The Morgan fingerprint density at radius 2 is 1.91 bits per heavy atom. The van der Waals surface area contributed by atoms with Gasteiger partial charge in [-0.05, 0) is 31.5 Å². The van der Waals surface area contributed by atoms with E-state index in [0.717, 1.165) is 16.8 Å². The first-order valence-corrected chi connectivity index (χ1v) is 7.33. The summed E-state index contributed by atoms with van der Waals surface area (Å²) in [5, 5.41) is 3.15. The van der Waals surface area contributed by atoms with Gasteiger partial charge in [-0.25, -0.2) is 13.8 Å². The number of ether oxygens (including phenoxy) is 1. The second-order valence-electron chi connectivity index (χ2n) is 5.62. The molecule has 0 saturated carbocycles. The maximum atomic E-state index is 12.9. The molecule has 1 aliphatic heterocycles. The molecule has 116 valence electrons. The van der Waals surface area contributed by atoms with Crippen molar-refractivity contribution in [2.75, 3.05) is 11.9 Å². The van der Waals surface area contributed by atoms with E-state index in [2.05, 4.69) is 10.3 Å². The first kappa shape index (κ1) is 14.9. The molecule has 2 heterocycles. The SMILES string of the molecule is CC(C)OCC1c2ccccc2Nc2nc(C(F)F)ccc21. The molecule has 0 fully saturated rings. The fourth-order valence-electron chi connectivity index (χ4n) is 2.67. The van der Waals surface area contributed by atoms with Crippen LogP contribution in [0.25, 0.3) is 0 Å². The number of aromatic nitrogens is 1. The van der Waals surface area contributed by atoms with Crippen LogP contribution >= 0.6 is 0 Å². The topological polar surface area (TPSA) is 34.1 Å². The molecule has 0 aliphatic carbocycles. The molecule has 22 heavy (non-hydrogen) atoms. The summed E-state index contributed by atoms with van der Waals surface area (Å²) in [7, 11) is 0. The van der Waals surface area contributed by atoms with Crippen LogP contribution < -0.4 is 5.32 Å². The summed E-state index contributed by atoms with van der Waals surface area (Å²) in [6.45, 7) is 4.46. The van der Waals surface area contributed by atoms with Gasteiger partial charge in [-0.3, -0.25) is 0 Å². The lowest BCUT2D eigenvalue weighted by Crippen LogP contribution is -2.20. The predicted molar refractivity (Wildman–Crippen MR) is 81.8 cm³/mol. The van der Waals surface area contributed by atoms with E-state index in [-0.39, 0.29) is 17.7 Å². The van der Waals surface area contributed by atoms with Crippen LogP contribution in [0, 0.1) is 0 Å². The largest absolute Gasteiger partial charge is 0.378 e. The maximum absolute atomic E-state index is 12.9. The van der Waals surface area contributed by atoms with E-state index >= 15 is 0 Å². The highest BCUT2D eigenvalue weighted by molar-refractivity contribution is 5.71. The Hall–Kier alpha value is -2.01. The third kappa shape index (κ3) is 2.81. The summed E-state index contributed by atoms with van der Waals surface area (Å²) in [4.78, 5) is 4.07. The molecule has 1 atom stereocenters. The van der Waals surface area contributed by atoms with E-state index in [1.165, 1.54) is 6.07 Å². The van der Waals surface area contributed by atoms with E-state index in [1.54, 1.807) is 6.07 Å². The van der Waals surface area contributed by atoms with Gasteiger partial charge in [0.05, 0.1) is 12.7 Å². The average molecular weight is 304 g/mol. The number of hydrogen-bond donors (Lipinski definition) is 1. The van der Waals surface area contributed by atoms with Gasteiger partial charge in [0.1, 0.15) is 11.5 Å². The van der Waals surface area contributed by atoms with Crippen molar-refractivity contribution in [1.29, 1.82) is 0 Å². The summed E-state index contributed by atoms with van der Waals surface area (Å²) >= 11 is 0. The highest BCUT2D eigenvalue weighted by atomic mass is 19.3. The zero-order chi connectivity index (χ0) is 15.7. The number of halogens is 2. The van der Waals surface area contributed by atoms with Crippen molar-refractivity contribution in [3.63, 3.8) is 0 Å². The van der Waals surface area contributed by atoms with Crippen LogP contribution in [-0.2, 0) is 4.74 Å². The fourth-order valence-corrected chi connectivity index (χ4v) is 2.67. The number of nitrogens with zero attached hydrogens (tertiary/aromatic N) is 1. The van der Waals surface area contributed by atoms with Gasteiger partial charge in [-0.1, -0.05) is 24.3 Å². The number of para-hydroxylation sites is 1. The zero-order valence-corrected chi connectivity index (χ0v) is 12.5. The first-order chi connectivity index (χ1) is 10.6. The monoisotopic (exact) mass is 304 g/mol. The number of nitrogens with one attached hydrogen (secondary N) is 1. The van der Waals surface area contributed by atoms with Crippen LogP contribution in [0.2, 0.25) is 0 Å². The van der Waals surface area contributed by atoms with E-state index in [9.17, 15) is 8.78 Å². The van der Waals surface area contributed by atoms with Crippen molar-refractivity contribution in [1.82, 2.24) is 4.98 Å². The van der Waals surface area contributed by atoms with Crippen molar-refractivity contribution in [2.24, 2.45) is 0 Å². The average Bonchev–Trinajstić information content (AvgIpc) is 2.50. The summed E-state index contributed by atoms with van der Waals surface area (Å²) in [5.41, 5.74) is 2.67. The van der Waals surface area contributed by atoms with Crippen LogP contribution in [0.3, 0.4) is 0 Å². The fraction of sp³-hybridized carbons (Fsp3) is 0.353. The van der Waals surface area contributed by atoms with Gasteiger partial charge in [0.15, 0.2) is 0 Å². The van der Waals surface area contributed by atoms with E-state index in [0.29, 0.717) is 12.4 Å². The van der Waals surface area contributed by atoms with Gasteiger partial charge >= 0.3 is 0 Å². The Morgan fingerprint density at radius 1 is 1.14 bits per heavy atom. The molecule has 0 amide bonds.